The molecule has 1 aromatic carbocycles. The van der Waals surface area contributed by atoms with E-state index in [-0.39, 0.29) is 0 Å². The van der Waals surface area contributed by atoms with Crippen LogP contribution in [0.4, 0.5) is 0 Å². The van der Waals surface area contributed by atoms with Gasteiger partial charge < -0.3 is 15.2 Å². The fourth-order valence-corrected chi connectivity index (χ4v) is 2.30. The number of piperidine rings is 1. The highest BCUT2D eigenvalue weighted by molar-refractivity contribution is 5.73. The van der Waals surface area contributed by atoms with E-state index in [1.807, 2.05) is 24.3 Å². The Morgan fingerprint density at radius 2 is 2.35 bits per heavy atom. The van der Waals surface area contributed by atoms with Crippen molar-refractivity contribution in [2.45, 2.75) is 24.8 Å². The minimum Gasteiger partial charge on any atom is -0.497 e. The molecule has 17 heavy (non-hydrogen) atoms. The molecule has 2 N–H and O–H groups in total. The largest absolute Gasteiger partial charge is 0.497 e. The van der Waals surface area contributed by atoms with Crippen molar-refractivity contribution in [2.24, 2.45) is 0 Å². The molecule has 1 heterocycles. The zero-order chi connectivity index (χ0) is 12.3. The Morgan fingerprint density at radius 1 is 1.53 bits per heavy atom. The van der Waals surface area contributed by atoms with Crippen LogP contribution in [0.3, 0.4) is 0 Å². The van der Waals surface area contributed by atoms with E-state index < -0.39 is 12.0 Å². The van der Waals surface area contributed by atoms with Crippen molar-refractivity contribution in [2.75, 3.05) is 13.7 Å². The van der Waals surface area contributed by atoms with E-state index in [4.69, 9.17) is 9.84 Å². The number of carboxylic acid groups (broad SMARTS) is 1. The molecule has 1 fully saturated rings. The van der Waals surface area contributed by atoms with E-state index in [0.717, 1.165) is 24.3 Å². The van der Waals surface area contributed by atoms with Crippen molar-refractivity contribution in [1.82, 2.24) is 5.32 Å². The molecule has 0 aromatic heterocycles. The van der Waals surface area contributed by atoms with Crippen molar-refractivity contribution in [1.29, 1.82) is 0 Å². The van der Waals surface area contributed by atoms with Gasteiger partial charge in [0.2, 0.25) is 0 Å². The maximum atomic E-state index is 11.0. The zero-order valence-electron chi connectivity index (χ0n) is 9.85. The lowest BCUT2D eigenvalue weighted by atomic mass is 9.86. The van der Waals surface area contributed by atoms with Crippen LogP contribution in [0.2, 0.25) is 0 Å². The molecule has 4 heteroatoms. The maximum absolute atomic E-state index is 11.0. The first-order chi connectivity index (χ1) is 8.20. The number of carbonyl (C=O) groups is 1. The number of hydrogen-bond donors (Lipinski definition) is 2. The molecule has 0 bridgehead atoms. The molecule has 4 nitrogen and oxygen atoms in total. The van der Waals surface area contributed by atoms with Crippen LogP contribution in [0.25, 0.3) is 0 Å². The molecule has 0 spiro atoms. The number of methoxy groups -OCH3 is 1. The van der Waals surface area contributed by atoms with Gasteiger partial charge in [-0.2, -0.15) is 0 Å². The second-order valence-corrected chi connectivity index (χ2v) is 4.34. The molecule has 0 radical (unpaired) electrons. The summed E-state index contributed by atoms with van der Waals surface area (Å²) in [7, 11) is 1.64. The van der Waals surface area contributed by atoms with Crippen LogP contribution in [-0.2, 0) is 4.79 Å². The fraction of sp³-hybridized carbons (Fsp3) is 0.462. The van der Waals surface area contributed by atoms with E-state index in [9.17, 15) is 4.79 Å². The molecular formula is C13H17NO3. The summed E-state index contributed by atoms with van der Waals surface area (Å²) in [4.78, 5) is 11.0. The number of carboxylic acids is 1. The van der Waals surface area contributed by atoms with Gasteiger partial charge in [0.1, 0.15) is 11.8 Å². The quantitative estimate of drug-likeness (QED) is 0.835. The lowest BCUT2D eigenvalue weighted by molar-refractivity contribution is -0.140. The highest BCUT2D eigenvalue weighted by Gasteiger charge is 2.27. The number of hydrogen-bond acceptors (Lipinski definition) is 3. The number of rotatable bonds is 3. The molecular weight excluding hydrogens is 218 g/mol. The summed E-state index contributed by atoms with van der Waals surface area (Å²) < 4.78 is 5.19. The van der Waals surface area contributed by atoms with Gasteiger partial charge in [0.15, 0.2) is 0 Å². The van der Waals surface area contributed by atoms with Crippen LogP contribution in [0, 0.1) is 0 Å². The third-order valence-corrected chi connectivity index (χ3v) is 3.27. The van der Waals surface area contributed by atoms with E-state index in [1.165, 1.54) is 0 Å². The van der Waals surface area contributed by atoms with Gasteiger partial charge in [0.05, 0.1) is 7.11 Å². The maximum Gasteiger partial charge on any atom is 0.320 e. The summed E-state index contributed by atoms with van der Waals surface area (Å²) in [6.07, 6.45) is 1.61. The number of benzene rings is 1. The lowest BCUT2D eigenvalue weighted by Gasteiger charge is -2.28. The molecule has 92 valence electrons. The number of nitrogens with one attached hydrogen (secondary N) is 1. The van der Waals surface area contributed by atoms with E-state index in [2.05, 4.69) is 5.32 Å². The van der Waals surface area contributed by atoms with Crippen LogP contribution in [0.5, 0.6) is 5.75 Å². The van der Waals surface area contributed by atoms with Gasteiger partial charge in [-0.1, -0.05) is 12.1 Å². The van der Waals surface area contributed by atoms with Gasteiger partial charge in [-0.3, -0.25) is 4.79 Å². The predicted molar refractivity (Wildman–Crippen MR) is 64.4 cm³/mol. The predicted octanol–water partition coefficient (Wildman–Crippen LogP) is 1.62. The lowest BCUT2D eigenvalue weighted by Crippen LogP contribution is -2.42. The minimum absolute atomic E-state index is 0.299. The first-order valence-electron chi connectivity index (χ1n) is 5.81. The standard InChI is InChI=1S/C13H17NO3/c1-17-11-4-2-3-9(7-11)10-5-6-14-12(8-10)13(15)16/h2-4,7,10,12,14H,5-6,8H2,1H3,(H,15,16). The fourth-order valence-electron chi connectivity index (χ4n) is 2.30. The second kappa shape index (κ2) is 5.19. The Hall–Kier alpha value is -1.55. The van der Waals surface area contributed by atoms with Crippen LogP contribution < -0.4 is 10.1 Å². The number of aliphatic carboxylic acids is 1. The van der Waals surface area contributed by atoms with Crippen molar-refractivity contribution >= 4 is 5.97 Å². The average molecular weight is 235 g/mol. The molecule has 1 aliphatic heterocycles. The summed E-state index contributed by atoms with van der Waals surface area (Å²) >= 11 is 0. The summed E-state index contributed by atoms with van der Waals surface area (Å²) in [6.45, 7) is 0.749. The van der Waals surface area contributed by atoms with Gasteiger partial charge >= 0.3 is 5.97 Å². The minimum atomic E-state index is -0.766. The van der Waals surface area contributed by atoms with Gasteiger partial charge in [-0.15, -0.1) is 0 Å². The second-order valence-electron chi connectivity index (χ2n) is 4.34. The molecule has 1 saturated heterocycles. The zero-order valence-corrected chi connectivity index (χ0v) is 9.85. The van der Waals surface area contributed by atoms with Crippen molar-refractivity contribution < 1.29 is 14.6 Å². The Morgan fingerprint density at radius 3 is 3.06 bits per heavy atom. The molecule has 0 aliphatic carbocycles. The van der Waals surface area contributed by atoms with Crippen molar-refractivity contribution in [3.63, 3.8) is 0 Å². The van der Waals surface area contributed by atoms with Crippen molar-refractivity contribution in [3.05, 3.63) is 29.8 Å². The van der Waals surface area contributed by atoms with E-state index in [1.54, 1.807) is 7.11 Å². The van der Waals surface area contributed by atoms with Crippen LogP contribution in [0.1, 0.15) is 24.3 Å². The molecule has 0 amide bonds. The Labute approximate surface area is 101 Å². The van der Waals surface area contributed by atoms with Crippen LogP contribution in [0.15, 0.2) is 24.3 Å². The molecule has 0 saturated carbocycles. The molecule has 1 aliphatic rings. The van der Waals surface area contributed by atoms with Gasteiger partial charge in [-0.05, 0) is 43.0 Å². The molecule has 1 aromatic rings. The smallest absolute Gasteiger partial charge is 0.320 e. The van der Waals surface area contributed by atoms with Gasteiger partial charge in [0, 0.05) is 0 Å². The molecule has 2 unspecified atom stereocenters. The van der Waals surface area contributed by atoms with Gasteiger partial charge in [-0.25, -0.2) is 0 Å². The summed E-state index contributed by atoms with van der Waals surface area (Å²) in [5.74, 6) is 0.359. The topological polar surface area (TPSA) is 58.6 Å². The van der Waals surface area contributed by atoms with Crippen LogP contribution >= 0.6 is 0 Å². The Bertz CT molecular complexity index is 405. The molecule has 2 atom stereocenters. The summed E-state index contributed by atoms with van der Waals surface area (Å²) in [5, 5.41) is 12.0. The van der Waals surface area contributed by atoms with E-state index >= 15 is 0 Å². The van der Waals surface area contributed by atoms with Gasteiger partial charge in [0.25, 0.3) is 0 Å². The monoisotopic (exact) mass is 235 g/mol. The summed E-state index contributed by atoms with van der Waals surface area (Å²) in [6, 6.07) is 7.46. The number of ether oxygens (including phenoxy) is 1. The van der Waals surface area contributed by atoms with Crippen LogP contribution in [-0.4, -0.2) is 30.8 Å². The third-order valence-electron chi connectivity index (χ3n) is 3.27. The first-order valence-corrected chi connectivity index (χ1v) is 5.81. The SMILES string of the molecule is COc1cccc(C2CCNC(C(=O)O)C2)c1. The third kappa shape index (κ3) is 2.77. The average Bonchev–Trinajstić information content (AvgIpc) is 2.39. The summed E-state index contributed by atoms with van der Waals surface area (Å²) in [5.41, 5.74) is 1.16. The van der Waals surface area contributed by atoms with Crippen molar-refractivity contribution in [3.8, 4) is 5.75 Å². The van der Waals surface area contributed by atoms with E-state index in [0.29, 0.717) is 12.3 Å². The Balaban J connectivity index is 2.13. The molecule has 2 rings (SSSR count). The Kier molecular flexibility index (Phi) is 3.64. The highest BCUT2D eigenvalue weighted by Crippen LogP contribution is 2.29. The highest BCUT2D eigenvalue weighted by atomic mass is 16.5. The normalized spacial score (nSPS) is 24.3. The first kappa shape index (κ1) is 11.9.